The van der Waals surface area contributed by atoms with E-state index in [4.69, 9.17) is 0 Å². The van der Waals surface area contributed by atoms with E-state index in [-0.39, 0.29) is 28.8 Å². The van der Waals surface area contributed by atoms with E-state index >= 15 is 0 Å². The molecule has 2 amide bonds. The highest BCUT2D eigenvalue weighted by Gasteiger charge is 2.34. The second-order valence-electron chi connectivity index (χ2n) is 6.06. The summed E-state index contributed by atoms with van der Waals surface area (Å²) >= 11 is 2.33. The van der Waals surface area contributed by atoms with E-state index in [1.807, 2.05) is 17.5 Å². The number of anilines is 1. The molecule has 2 aromatic rings. The van der Waals surface area contributed by atoms with Gasteiger partial charge in [0.05, 0.1) is 33.7 Å². The van der Waals surface area contributed by atoms with E-state index in [1.54, 1.807) is 0 Å². The second kappa shape index (κ2) is 8.71. The van der Waals surface area contributed by atoms with Crippen molar-refractivity contribution in [2.45, 2.75) is 18.5 Å². The van der Waals surface area contributed by atoms with Gasteiger partial charge in [-0.2, -0.15) is 18.4 Å². The largest absolute Gasteiger partial charge is 0.418 e. The van der Waals surface area contributed by atoms with Crippen LogP contribution in [-0.2, 0) is 15.8 Å². The number of allylic oxidation sites excluding steroid dienone is 1. The quantitative estimate of drug-likeness (QED) is 0.723. The van der Waals surface area contributed by atoms with Gasteiger partial charge in [-0.1, -0.05) is 30.0 Å². The lowest BCUT2D eigenvalue weighted by atomic mass is 9.93. The third kappa shape index (κ3) is 4.99. The Bertz CT molecular complexity index is 995. The molecule has 0 unspecified atom stereocenters. The molecule has 1 aromatic carbocycles. The molecule has 2 heterocycles. The summed E-state index contributed by atoms with van der Waals surface area (Å²) in [6.07, 6.45) is -4.47. The van der Waals surface area contributed by atoms with Crippen molar-refractivity contribution in [2.75, 3.05) is 11.1 Å². The Morgan fingerprint density at radius 2 is 2.07 bits per heavy atom. The third-order valence-electron chi connectivity index (χ3n) is 4.10. The number of carbonyl (C=O) groups excluding carboxylic acids is 2. The van der Waals surface area contributed by atoms with E-state index in [1.165, 1.54) is 29.5 Å². The van der Waals surface area contributed by atoms with Gasteiger partial charge in [0.2, 0.25) is 11.8 Å². The molecule has 3 rings (SSSR count). The Balaban J connectivity index is 1.74. The van der Waals surface area contributed by atoms with Gasteiger partial charge in [-0.15, -0.1) is 11.3 Å². The molecule has 0 saturated heterocycles. The molecular formula is C19H14F3N3O2S2. The zero-order valence-electron chi connectivity index (χ0n) is 14.7. The molecule has 2 N–H and O–H groups in total. The fourth-order valence-corrected chi connectivity index (χ4v) is 4.54. The van der Waals surface area contributed by atoms with Crippen molar-refractivity contribution in [2.24, 2.45) is 0 Å². The van der Waals surface area contributed by atoms with E-state index in [0.29, 0.717) is 5.57 Å². The predicted octanol–water partition coefficient (Wildman–Crippen LogP) is 4.48. The number of alkyl halides is 3. The van der Waals surface area contributed by atoms with Gasteiger partial charge in [0.15, 0.2) is 0 Å². The first-order valence-corrected chi connectivity index (χ1v) is 10.2. The van der Waals surface area contributed by atoms with Gasteiger partial charge < -0.3 is 10.6 Å². The van der Waals surface area contributed by atoms with Crippen LogP contribution >= 0.6 is 23.1 Å². The SMILES string of the molecule is N#CC1=C(SCC(=O)Nc2ccccc2C(F)(F)F)NC(=O)C[C@H]1c1cccs1. The summed E-state index contributed by atoms with van der Waals surface area (Å²) < 4.78 is 39.1. The van der Waals surface area contributed by atoms with Crippen molar-refractivity contribution in [3.63, 3.8) is 0 Å². The first kappa shape index (κ1) is 21.0. The predicted molar refractivity (Wildman–Crippen MR) is 105 cm³/mol. The molecule has 1 aliphatic heterocycles. The maximum Gasteiger partial charge on any atom is 0.418 e. The van der Waals surface area contributed by atoms with Gasteiger partial charge in [0.1, 0.15) is 0 Å². The maximum absolute atomic E-state index is 13.0. The summed E-state index contributed by atoms with van der Waals surface area (Å²) in [7, 11) is 0. The van der Waals surface area contributed by atoms with Crippen molar-refractivity contribution >= 4 is 40.6 Å². The van der Waals surface area contributed by atoms with Crippen molar-refractivity contribution in [3.8, 4) is 6.07 Å². The van der Waals surface area contributed by atoms with Crippen molar-refractivity contribution in [3.05, 3.63) is 62.8 Å². The van der Waals surface area contributed by atoms with Gasteiger partial charge in [0.25, 0.3) is 0 Å². The summed E-state index contributed by atoms with van der Waals surface area (Å²) in [6, 6.07) is 10.4. The summed E-state index contributed by atoms with van der Waals surface area (Å²) in [5.74, 6) is -1.62. The monoisotopic (exact) mass is 437 g/mol. The van der Waals surface area contributed by atoms with Crippen LogP contribution < -0.4 is 10.6 Å². The zero-order chi connectivity index (χ0) is 21.0. The minimum atomic E-state index is -4.60. The number of thiophene rings is 1. The number of rotatable bonds is 5. The molecule has 0 fully saturated rings. The number of carbonyl (C=O) groups is 2. The highest BCUT2D eigenvalue weighted by atomic mass is 32.2. The number of benzene rings is 1. The van der Waals surface area contributed by atoms with Crippen LogP contribution in [0.5, 0.6) is 0 Å². The Labute approximate surface area is 172 Å². The molecule has 0 spiro atoms. The number of nitrogens with one attached hydrogen (secondary N) is 2. The third-order valence-corrected chi connectivity index (χ3v) is 6.10. The van der Waals surface area contributed by atoms with Gasteiger partial charge in [-0.05, 0) is 23.6 Å². The van der Waals surface area contributed by atoms with Crippen molar-refractivity contribution in [1.29, 1.82) is 5.26 Å². The summed E-state index contributed by atoms with van der Waals surface area (Å²) in [5.41, 5.74) is -0.955. The molecule has 0 bridgehead atoms. The summed E-state index contributed by atoms with van der Waals surface area (Å²) in [5, 5.41) is 16.5. The highest BCUT2D eigenvalue weighted by molar-refractivity contribution is 8.03. The zero-order valence-corrected chi connectivity index (χ0v) is 16.4. The molecule has 29 heavy (non-hydrogen) atoms. The molecule has 10 heteroatoms. The molecule has 5 nitrogen and oxygen atoms in total. The number of hydrogen-bond donors (Lipinski definition) is 2. The van der Waals surface area contributed by atoms with Crippen LogP contribution in [0.2, 0.25) is 0 Å². The average Bonchev–Trinajstić information content (AvgIpc) is 3.20. The first-order chi connectivity index (χ1) is 13.8. The molecule has 1 aliphatic rings. The number of hydrogen-bond acceptors (Lipinski definition) is 5. The number of para-hydroxylation sites is 1. The Morgan fingerprint density at radius 1 is 1.31 bits per heavy atom. The van der Waals surface area contributed by atoms with Crippen molar-refractivity contribution < 1.29 is 22.8 Å². The highest BCUT2D eigenvalue weighted by Crippen LogP contribution is 2.38. The molecule has 0 aliphatic carbocycles. The lowest BCUT2D eigenvalue weighted by molar-refractivity contribution is -0.137. The van der Waals surface area contributed by atoms with Gasteiger partial charge in [0, 0.05) is 17.2 Å². The van der Waals surface area contributed by atoms with Gasteiger partial charge in [-0.25, -0.2) is 0 Å². The Hall–Kier alpha value is -2.77. The smallest absolute Gasteiger partial charge is 0.325 e. The summed E-state index contributed by atoms with van der Waals surface area (Å²) in [6.45, 7) is 0. The molecule has 0 saturated carbocycles. The van der Waals surface area contributed by atoms with Crippen LogP contribution in [0.4, 0.5) is 18.9 Å². The lowest BCUT2D eigenvalue weighted by Gasteiger charge is -2.24. The topological polar surface area (TPSA) is 82.0 Å². The van der Waals surface area contributed by atoms with Crippen molar-refractivity contribution in [1.82, 2.24) is 5.32 Å². The van der Waals surface area contributed by atoms with Crippen LogP contribution in [-0.4, -0.2) is 17.6 Å². The fraction of sp³-hybridized carbons (Fsp3) is 0.211. The van der Waals surface area contributed by atoms with E-state index in [2.05, 4.69) is 16.7 Å². The van der Waals surface area contributed by atoms with Gasteiger partial charge >= 0.3 is 6.18 Å². The molecule has 1 atom stereocenters. The first-order valence-electron chi connectivity index (χ1n) is 8.36. The van der Waals surface area contributed by atoms with E-state index < -0.39 is 23.6 Å². The minimum Gasteiger partial charge on any atom is -0.325 e. The van der Waals surface area contributed by atoms with Crippen LogP contribution in [0.3, 0.4) is 0 Å². The number of nitriles is 1. The van der Waals surface area contributed by atoms with E-state index in [0.717, 1.165) is 22.7 Å². The molecular weight excluding hydrogens is 423 g/mol. The Kier molecular flexibility index (Phi) is 6.30. The molecule has 0 radical (unpaired) electrons. The van der Waals surface area contributed by atoms with Crippen LogP contribution in [0.1, 0.15) is 22.8 Å². The molecule has 150 valence electrons. The second-order valence-corrected chi connectivity index (χ2v) is 8.02. The number of thioether (sulfide) groups is 1. The van der Waals surface area contributed by atoms with E-state index in [9.17, 15) is 28.0 Å². The summed E-state index contributed by atoms with van der Waals surface area (Å²) in [4.78, 5) is 25.1. The lowest BCUT2D eigenvalue weighted by Crippen LogP contribution is -2.31. The fourth-order valence-electron chi connectivity index (χ4n) is 2.83. The van der Waals surface area contributed by atoms with Crippen LogP contribution in [0, 0.1) is 11.3 Å². The average molecular weight is 437 g/mol. The number of amides is 2. The standard InChI is InChI=1S/C19H14F3N3O2S2/c20-19(21,22)13-4-1-2-5-14(13)24-17(27)10-29-18-12(9-23)11(8-16(26)25-18)15-6-3-7-28-15/h1-7,11H,8,10H2,(H,24,27)(H,25,26)/t11-/m1/s1. The van der Waals surface area contributed by atoms with Gasteiger partial charge in [-0.3, -0.25) is 9.59 Å². The molecule has 1 aromatic heterocycles. The number of nitrogens with zero attached hydrogens (tertiary/aromatic N) is 1. The maximum atomic E-state index is 13.0. The number of halogens is 3. The Morgan fingerprint density at radius 3 is 2.72 bits per heavy atom. The van der Waals surface area contributed by atoms with Crippen LogP contribution in [0.15, 0.2) is 52.4 Å². The normalized spacial score (nSPS) is 16.9. The van der Waals surface area contributed by atoms with Crippen LogP contribution in [0.25, 0.3) is 0 Å². The minimum absolute atomic E-state index is 0.124.